The van der Waals surface area contributed by atoms with Crippen LogP contribution in [0.25, 0.3) is 0 Å². The van der Waals surface area contributed by atoms with Crippen molar-refractivity contribution in [3.63, 3.8) is 0 Å². The number of carbonyl (C=O) groups is 2. The van der Waals surface area contributed by atoms with Gasteiger partial charge in [0.1, 0.15) is 0 Å². The molecule has 4 heteroatoms. The zero-order chi connectivity index (χ0) is 15.0. The average Bonchev–Trinajstić information content (AvgIpc) is 3.13. The summed E-state index contributed by atoms with van der Waals surface area (Å²) in [5.41, 5.74) is 2.57. The Morgan fingerprint density at radius 3 is 2.62 bits per heavy atom. The highest BCUT2D eigenvalue weighted by Gasteiger charge is 2.57. The Kier molecular flexibility index (Phi) is 3.57. The van der Waals surface area contributed by atoms with Crippen LogP contribution in [-0.4, -0.2) is 24.9 Å². The molecule has 1 heterocycles. The van der Waals surface area contributed by atoms with Crippen molar-refractivity contribution in [1.29, 1.82) is 0 Å². The number of carbonyl (C=O) groups excluding carboxylic acids is 2. The van der Waals surface area contributed by atoms with Crippen LogP contribution in [0.3, 0.4) is 0 Å². The number of nitrogens with one attached hydrogen (secondary N) is 1. The summed E-state index contributed by atoms with van der Waals surface area (Å²) in [6, 6.07) is 5.46. The van der Waals surface area contributed by atoms with Gasteiger partial charge in [0.2, 0.25) is 5.91 Å². The number of aryl methyl sites for hydroxylation is 1. The summed E-state index contributed by atoms with van der Waals surface area (Å²) in [4.78, 5) is 23.8. The largest absolute Gasteiger partial charge is 0.381 e. The van der Waals surface area contributed by atoms with Crippen molar-refractivity contribution in [3.8, 4) is 0 Å². The first-order valence-electron chi connectivity index (χ1n) is 7.52. The van der Waals surface area contributed by atoms with E-state index in [2.05, 4.69) is 5.32 Å². The summed E-state index contributed by atoms with van der Waals surface area (Å²) in [6.07, 6.45) is 2.97. The van der Waals surface area contributed by atoms with Crippen LogP contribution in [0, 0.1) is 18.3 Å². The fourth-order valence-electron chi connectivity index (χ4n) is 3.41. The second-order valence-corrected chi connectivity index (χ2v) is 6.31. The number of hydrogen-bond acceptors (Lipinski definition) is 3. The van der Waals surface area contributed by atoms with Gasteiger partial charge in [0.25, 0.3) is 0 Å². The standard InChI is InChI=1S/C17H21NO3/c1-11-9-13(3-4-14(11)12(2)19)18-16(20)15-10-17(15)5-7-21-8-6-17/h3-4,9,15H,5-8,10H2,1-2H3,(H,18,20). The van der Waals surface area contributed by atoms with Gasteiger partial charge in [0.05, 0.1) is 0 Å². The lowest BCUT2D eigenvalue weighted by Gasteiger charge is -2.22. The van der Waals surface area contributed by atoms with Gasteiger partial charge in [-0.15, -0.1) is 0 Å². The van der Waals surface area contributed by atoms with E-state index in [1.54, 1.807) is 19.1 Å². The lowest BCUT2D eigenvalue weighted by molar-refractivity contribution is -0.118. The van der Waals surface area contributed by atoms with Crippen LogP contribution in [0.2, 0.25) is 0 Å². The Morgan fingerprint density at radius 1 is 1.29 bits per heavy atom. The molecule has 2 fully saturated rings. The predicted octanol–water partition coefficient (Wildman–Crippen LogP) is 2.95. The highest BCUT2D eigenvalue weighted by molar-refractivity contribution is 5.98. The lowest BCUT2D eigenvalue weighted by atomic mass is 9.93. The predicted molar refractivity (Wildman–Crippen MR) is 80.4 cm³/mol. The second-order valence-electron chi connectivity index (χ2n) is 6.31. The van der Waals surface area contributed by atoms with Crippen LogP contribution in [0.15, 0.2) is 18.2 Å². The molecule has 1 aromatic rings. The van der Waals surface area contributed by atoms with E-state index in [0.29, 0.717) is 5.56 Å². The molecule has 1 aromatic carbocycles. The molecule has 3 rings (SSSR count). The van der Waals surface area contributed by atoms with Crippen molar-refractivity contribution in [2.45, 2.75) is 33.1 Å². The van der Waals surface area contributed by atoms with Gasteiger partial charge in [-0.05, 0) is 62.3 Å². The smallest absolute Gasteiger partial charge is 0.228 e. The van der Waals surface area contributed by atoms with E-state index in [1.807, 2.05) is 13.0 Å². The molecule has 1 saturated heterocycles. The van der Waals surface area contributed by atoms with Crippen LogP contribution >= 0.6 is 0 Å². The van der Waals surface area contributed by atoms with Crippen LogP contribution in [0.5, 0.6) is 0 Å². The van der Waals surface area contributed by atoms with Crippen molar-refractivity contribution in [2.24, 2.45) is 11.3 Å². The summed E-state index contributed by atoms with van der Waals surface area (Å²) in [6.45, 7) is 5.00. The molecule has 1 aliphatic heterocycles. The molecular formula is C17H21NO3. The maximum Gasteiger partial charge on any atom is 0.228 e. The number of rotatable bonds is 3. The molecule has 1 amide bonds. The third kappa shape index (κ3) is 2.72. The van der Waals surface area contributed by atoms with E-state index in [1.165, 1.54) is 0 Å². The molecule has 1 saturated carbocycles. The Balaban J connectivity index is 1.66. The second kappa shape index (κ2) is 5.26. The monoisotopic (exact) mass is 287 g/mol. The molecule has 1 unspecified atom stereocenters. The molecule has 21 heavy (non-hydrogen) atoms. The van der Waals surface area contributed by atoms with Gasteiger partial charge in [-0.2, -0.15) is 0 Å². The van der Waals surface area contributed by atoms with Gasteiger partial charge in [0.15, 0.2) is 5.78 Å². The fourth-order valence-corrected chi connectivity index (χ4v) is 3.41. The summed E-state index contributed by atoms with van der Waals surface area (Å²) in [5.74, 6) is 0.273. The maximum atomic E-state index is 12.4. The number of ketones is 1. The molecule has 112 valence electrons. The molecule has 1 spiro atoms. The Hall–Kier alpha value is -1.68. The van der Waals surface area contributed by atoms with Gasteiger partial charge < -0.3 is 10.1 Å². The topological polar surface area (TPSA) is 55.4 Å². The van der Waals surface area contributed by atoms with Crippen molar-refractivity contribution >= 4 is 17.4 Å². The number of anilines is 1. The first-order valence-corrected chi connectivity index (χ1v) is 7.52. The minimum absolute atomic E-state index is 0.0497. The average molecular weight is 287 g/mol. The maximum absolute atomic E-state index is 12.4. The molecule has 0 aromatic heterocycles. The van der Waals surface area contributed by atoms with E-state index >= 15 is 0 Å². The van der Waals surface area contributed by atoms with Gasteiger partial charge in [-0.25, -0.2) is 0 Å². The van der Waals surface area contributed by atoms with Crippen LogP contribution in [0.1, 0.15) is 42.1 Å². The highest BCUT2D eigenvalue weighted by atomic mass is 16.5. The van der Waals surface area contributed by atoms with Gasteiger partial charge in [-0.3, -0.25) is 9.59 Å². The molecule has 0 bridgehead atoms. The summed E-state index contributed by atoms with van der Waals surface area (Å²) in [7, 11) is 0. The first-order chi connectivity index (χ1) is 10.0. The van der Waals surface area contributed by atoms with Gasteiger partial charge in [-0.1, -0.05) is 0 Å². The summed E-state index contributed by atoms with van der Waals surface area (Å²) in [5, 5.41) is 2.99. The number of benzene rings is 1. The van der Waals surface area contributed by atoms with E-state index in [4.69, 9.17) is 4.74 Å². The van der Waals surface area contributed by atoms with E-state index in [-0.39, 0.29) is 23.0 Å². The van der Waals surface area contributed by atoms with Crippen molar-refractivity contribution < 1.29 is 14.3 Å². The van der Waals surface area contributed by atoms with E-state index in [0.717, 1.165) is 43.7 Å². The number of hydrogen-bond donors (Lipinski definition) is 1. The molecule has 2 aliphatic rings. The van der Waals surface area contributed by atoms with Crippen molar-refractivity contribution in [3.05, 3.63) is 29.3 Å². The van der Waals surface area contributed by atoms with Crippen molar-refractivity contribution in [2.75, 3.05) is 18.5 Å². The Bertz CT molecular complexity index is 588. The molecule has 0 radical (unpaired) electrons. The molecule has 1 N–H and O–H groups in total. The number of ether oxygens (including phenoxy) is 1. The molecule has 1 aliphatic carbocycles. The highest BCUT2D eigenvalue weighted by Crippen LogP contribution is 2.59. The Morgan fingerprint density at radius 2 is 2.00 bits per heavy atom. The molecular weight excluding hydrogens is 266 g/mol. The van der Waals surface area contributed by atoms with E-state index in [9.17, 15) is 9.59 Å². The summed E-state index contributed by atoms with van der Waals surface area (Å²) < 4.78 is 5.38. The quantitative estimate of drug-likeness (QED) is 0.870. The molecule has 4 nitrogen and oxygen atoms in total. The Labute approximate surface area is 124 Å². The van der Waals surface area contributed by atoms with Crippen LogP contribution < -0.4 is 5.32 Å². The van der Waals surface area contributed by atoms with Crippen molar-refractivity contribution in [1.82, 2.24) is 0 Å². The SMILES string of the molecule is CC(=O)c1ccc(NC(=O)C2CC23CCOCC3)cc1C. The normalized spacial score (nSPS) is 22.9. The molecule has 1 atom stereocenters. The zero-order valence-electron chi connectivity index (χ0n) is 12.6. The minimum atomic E-state index is 0.0497. The number of amides is 1. The first kappa shape index (κ1) is 14.3. The number of Topliss-reactive ketones (excluding diaryl/α,β-unsaturated/α-hetero) is 1. The fraction of sp³-hybridized carbons (Fsp3) is 0.529. The zero-order valence-corrected chi connectivity index (χ0v) is 12.6. The van der Waals surface area contributed by atoms with Crippen LogP contribution in [0.4, 0.5) is 5.69 Å². The lowest BCUT2D eigenvalue weighted by Crippen LogP contribution is -2.24. The summed E-state index contributed by atoms with van der Waals surface area (Å²) >= 11 is 0. The van der Waals surface area contributed by atoms with E-state index < -0.39 is 0 Å². The van der Waals surface area contributed by atoms with Gasteiger partial charge >= 0.3 is 0 Å². The van der Waals surface area contributed by atoms with Crippen LogP contribution in [-0.2, 0) is 9.53 Å². The third-order valence-corrected chi connectivity index (χ3v) is 4.87. The minimum Gasteiger partial charge on any atom is -0.381 e. The third-order valence-electron chi connectivity index (χ3n) is 4.87. The van der Waals surface area contributed by atoms with Gasteiger partial charge in [0, 0.05) is 30.4 Å².